The van der Waals surface area contributed by atoms with Crippen molar-refractivity contribution in [3.63, 3.8) is 0 Å². The Hall–Kier alpha value is -1.43. The van der Waals surface area contributed by atoms with E-state index in [-0.39, 0.29) is 17.2 Å². The van der Waals surface area contributed by atoms with E-state index in [2.05, 4.69) is 4.98 Å². The summed E-state index contributed by atoms with van der Waals surface area (Å²) >= 11 is 1.31. The first kappa shape index (κ1) is 12.0. The topological polar surface area (TPSA) is 76.3 Å². The maximum Gasteiger partial charge on any atom is 0.230 e. The molecular weight excluding hydrogens is 238 g/mol. The minimum absolute atomic E-state index is 0.113. The van der Waals surface area contributed by atoms with Crippen molar-refractivity contribution in [1.82, 2.24) is 9.88 Å². The van der Waals surface area contributed by atoms with Crippen LogP contribution in [-0.2, 0) is 16.1 Å². The largest absolute Gasteiger partial charge is 0.375 e. The van der Waals surface area contributed by atoms with E-state index in [4.69, 9.17) is 5.73 Å². The Morgan fingerprint density at radius 2 is 2.00 bits per heavy atom. The normalized spacial score (nSPS) is 19.8. The van der Waals surface area contributed by atoms with Crippen LogP contribution >= 0.6 is 11.3 Å². The molecule has 2 rings (SSSR count). The van der Waals surface area contributed by atoms with Gasteiger partial charge in [0.25, 0.3) is 0 Å². The van der Waals surface area contributed by atoms with Crippen molar-refractivity contribution in [1.29, 1.82) is 0 Å². The average Bonchev–Trinajstić information content (AvgIpc) is 2.56. The Kier molecular flexibility index (Phi) is 2.91. The number of piperidine rings is 1. The fourth-order valence-corrected chi connectivity index (χ4v) is 2.61. The number of nitrogens with two attached hydrogens (primary N) is 1. The van der Waals surface area contributed by atoms with Crippen LogP contribution in [0.5, 0.6) is 0 Å². The molecule has 17 heavy (non-hydrogen) atoms. The average molecular weight is 253 g/mol. The van der Waals surface area contributed by atoms with Gasteiger partial charge >= 0.3 is 0 Å². The molecule has 1 aliphatic heterocycles. The highest BCUT2D eigenvalue weighted by atomic mass is 32.1. The molecule has 0 aliphatic carbocycles. The molecule has 2 heterocycles. The van der Waals surface area contributed by atoms with Gasteiger partial charge < -0.3 is 5.73 Å². The van der Waals surface area contributed by atoms with Gasteiger partial charge in [-0.25, -0.2) is 4.98 Å². The standard InChI is InChI=1S/C11H15N3O2S/c1-11(2)3-8(15)14(9(16)4-11)6-7-5-13-10(12)17-7/h5H,3-4,6H2,1-2H3,(H2,12,13). The van der Waals surface area contributed by atoms with Crippen molar-refractivity contribution < 1.29 is 9.59 Å². The Balaban J connectivity index is 2.11. The zero-order valence-electron chi connectivity index (χ0n) is 9.90. The van der Waals surface area contributed by atoms with Gasteiger partial charge in [0.15, 0.2) is 5.13 Å². The van der Waals surface area contributed by atoms with Crippen molar-refractivity contribution in [3.05, 3.63) is 11.1 Å². The highest BCUT2D eigenvalue weighted by Gasteiger charge is 2.37. The number of nitrogen functional groups attached to an aromatic ring is 1. The van der Waals surface area contributed by atoms with Gasteiger partial charge in [0, 0.05) is 23.9 Å². The van der Waals surface area contributed by atoms with E-state index >= 15 is 0 Å². The van der Waals surface area contributed by atoms with E-state index in [0.29, 0.717) is 24.5 Å². The monoisotopic (exact) mass is 253 g/mol. The highest BCUT2D eigenvalue weighted by Crippen LogP contribution is 2.32. The van der Waals surface area contributed by atoms with Crippen molar-refractivity contribution in [2.45, 2.75) is 33.2 Å². The zero-order chi connectivity index (χ0) is 12.6. The second-order valence-corrected chi connectivity index (χ2v) is 6.20. The fraction of sp³-hybridized carbons (Fsp3) is 0.545. The molecule has 2 amide bonds. The summed E-state index contributed by atoms with van der Waals surface area (Å²) in [6.45, 7) is 4.16. The third-order valence-corrected chi connectivity index (χ3v) is 3.56. The smallest absolute Gasteiger partial charge is 0.230 e. The van der Waals surface area contributed by atoms with Crippen LogP contribution in [0.4, 0.5) is 5.13 Å². The van der Waals surface area contributed by atoms with Crippen LogP contribution in [-0.4, -0.2) is 21.7 Å². The molecule has 0 spiro atoms. The van der Waals surface area contributed by atoms with E-state index in [1.807, 2.05) is 13.8 Å². The molecule has 0 atom stereocenters. The number of carbonyl (C=O) groups is 2. The Labute approximate surface area is 104 Å². The van der Waals surface area contributed by atoms with E-state index < -0.39 is 0 Å². The molecule has 1 aromatic heterocycles. The quantitative estimate of drug-likeness (QED) is 0.808. The maximum absolute atomic E-state index is 11.9. The van der Waals surface area contributed by atoms with Crippen LogP contribution in [0.2, 0.25) is 0 Å². The maximum atomic E-state index is 11.9. The SMILES string of the molecule is CC1(C)CC(=O)N(Cc2cnc(N)s2)C(=O)C1. The summed E-state index contributed by atoms with van der Waals surface area (Å²) in [6, 6.07) is 0. The number of nitrogens with zero attached hydrogens (tertiary/aromatic N) is 2. The molecule has 0 bridgehead atoms. The van der Waals surface area contributed by atoms with Crippen LogP contribution in [0.25, 0.3) is 0 Å². The summed E-state index contributed by atoms with van der Waals surface area (Å²) in [7, 11) is 0. The zero-order valence-corrected chi connectivity index (χ0v) is 10.7. The lowest BCUT2D eigenvalue weighted by atomic mass is 9.82. The Morgan fingerprint density at radius 1 is 1.41 bits per heavy atom. The second-order valence-electron chi connectivity index (χ2n) is 5.06. The molecule has 92 valence electrons. The minimum atomic E-state index is -0.225. The molecule has 1 aromatic rings. The molecule has 0 saturated carbocycles. The number of hydrogen-bond donors (Lipinski definition) is 1. The molecule has 6 heteroatoms. The van der Waals surface area contributed by atoms with E-state index in [1.54, 1.807) is 6.20 Å². The van der Waals surface area contributed by atoms with Gasteiger partial charge in [-0.1, -0.05) is 13.8 Å². The lowest BCUT2D eigenvalue weighted by Crippen LogP contribution is -2.45. The van der Waals surface area contributed by atoms with Crippen LogP contribution in [0.1, 0.15) is 31.6 Å². The molecule has 0 unspecified atom stereocenters. The number of aromatic nitrogens is 1. The van der Waals surface area contributed by atoms with Crippen LogP contribution in [0.3, 0.4) is 0 Å². The molecule has 1 aliphatic rings. The third kappa shape index (κ3) is 2.63. The van der Waals surface area contributed by atoms with Crippen LogP contribution in [0.15, 0.2) is 6.20 Å². The van der Waals surface area contributed by atoms with Crippen LogP contribution < -0.4 is 5.73 Å². The van der Waals surface area contributed by atoms with E-state index in [9.17, 15) is 9.59 Å². The first-order valence-electron chi connectivity index (χ1n) is 5.41. The summed E-state index contributed by atoms with van der Waals surface area (Å²) in [5.74, 6) is -0.226. The van der Waals surface area contributed by atoms with E-state index in [1.165, 1.54) is 16.2 Å². The predicted molar refractivity (Wildman–Crippen MR) is 65.1 cm³/mol. The molecule has 0 aromatic carbocycles. The number of carbonyl (C=O) groups excluding carboxylic acids is 2. The van der Waals surface area contributed by atoms with Gasteiger partial charge in [0.05, 0.1) is 6.54 Å². The van der Waals surface area contributed by atoms with Crippen molar-refractivity contribution in [2.24, 2.45) is 5.41 Å². The minimum Gasteiger partial charge on any atom is -0.375 e. The molecule has 1 fully saturated rings. The van der Waals surface area contributed by atoms with Gasteiger partial charge in [-0.3, -0.25) is 14.5 Å². The number of anilines is 1. The first-order chi connectivity index (χ1) is 7.87. The van der Waals surface area contributed by atoms with Gasteiger partial charge in [0.2, 0.25) is 11.8 Å². The molecule has 2 N–H and O–H groups in total. The third-order valence-electron chi connectivity index (χ3n) is 2.75. The summed E-state index contributed by atoms with van der Waals surface area (Å²) < 4.78 is 0. The van der Waals surface area contributed by atoms with Gasteiger partial charge in [-0.2, -0.15) is 0 Å². The first-order valence-corrected chi connectivity index (χ1v) is 6.22. The number of rotatable bonds is 2. The van der Waals surface area contributed by atoms with Gasteiger partial charge in [-0.15, -0.1) is 11.3 Å². The summed E-state index contributed by atoms with van der Waals surface area (Å²) in [5.41, 5.74) is 5.29. The van der Waals surface area contributed by atoms with Crippen molar-refractivity contribution in [2.75, 3.05) is 5.73 Å². The highest BCUT2D eigenvalue weighted by molar-refractivity contribution is 7.15. The molecule has 1 saturated heterocycles. The van der Waals surface area contributed by atoms with Gasteiger partial charge in [-0.05, 0) is 5.41 Å². The number of thiazole rings is 1. The summed E-state index contributed by atoms with van der Waals surface area (Å²) in [5, 5.41) is 0.456. The molecule has 0 radical (unpaired) electrons. The van der Waals surface area contributed by atoms with Crippen molar-refractivity contribution >= 4 is 28.3 Å². The van der Waals surface area contributed by atoms with Crippen LogP contribution in [0, 0.1) is 5.41 Å². The summed E-state index contributed by atoms with van der Waals surface area (Å²) in [6.07, 6.45) is 2.43. The Morgan fingerprint density at radius 3 is 2.47 bits per heavy atom. The fourth-order valence-electron chi connectivity index (χ4n) is 1.94. The van der Waals surface area contributed by atoms with Gasteiger partial charge in [0.1, 0.15) is 0 Å². The molecular formula is C11H15N3O2S. The van der Waals surface area contributed by atoms with Crippen molar-refractivity contribution in [3.8, 4) is 0 Å². The summed E-state index contributed by atoms with van der Waals surface area (Å²) in [4.78, 5) is 29.8. The lowest BCUT2D eigenvalue weighted by Gasteiger charge is -2.34. The number of amides is 2. The Bertz CT molecular complexity index is 447. The molecule has 5 nitrogen and oxygen atoms in total. The van der Waals surface area contributed by atoms with E-state index in [0.717, 1.165) is 4.88 Å². The predicted octanol–water partition coefficient (Wildman–Crippen LogP) is 1.40. The number of hydrogen-bond acceptors (Lipinski definition) is 5. The lowest BCUT2D eigenvalue weighted by molar-refractivity contribution is -0.153. The second kappa shape index (κ2) is 4.10. The number of likely N-dealkylation sites (tertiary alicyclic amines) is 1. The number of imide groups is 1.